The molecule has 4 aromatic rings. The molecule has 0 spiro atoms. The van der Waals surface area contributed by atoms with Crippen molar-refractivity contribution in [3.8, 4) is 9.88 Å². The average molecular weight is 514 g/mol. The van der Waals surface area contributed by atoms with E-state index < -0.39 is 11.7 Å². The Morgan fingerprint density at radius 3 is 2.57 bits per heavy atom. The number of benzene rings is 1. The Labute approximate surface area is 186 Å². The summed E-state index contributed by atoms with van der Waals surface area (Å²) >= 11 is 6.48. The number of fused-ring (bicyclic) bond motifs is 1. The molecule has 3 N–H and O–H groups in total. The lowest BCUT2D eigenvalue weighted by atomic mass is 10.0. The minimum atomic E-state index is -4.34. The number of alkyl halides is 3. The molecule has 0 bridgehead atoms. The SMILES string of the molecule is N[C@H](CNc1nc(Br)c(-c2nc3ccncc3s2)s1)Cc1ccc(C(F)(F)F)cc1. The highest BCUT2D eigenvalue weighted by Gasteiger charge is 2.30. The fourth-order valence-electron chi connectivity index (χ4n) is 2.81. The van der Waals surface area contributed by atoms with Crippen LogP contribution in [-0.2, 0) is 12.6 Å². The first-order valence-corrected chi connectivity index (χ1v) is 11.2. The second kappa shape index (κ2) is 8.58. The number of hydrogen-bond acceptors (Lipinski definition) is 7. The van der Waals surface area contributed by atoms with Gasteiger partial charge in [-0.2, -0.15) is 13.2 Å². The van der Waals surface area contributed by atoms with Crippen LogP contribution in [-0.4, -0.2) is 27.5 Å². The lowest BCUT2D eigenvalue weighted by Gasteiger charge is -2.13. The molecule has 0 aliphatic heterocycles. The zero-order valence-corrected chi connectivity index (χ0v) is 18.5. The van der Waals surface area contributed by atoms with Crippen LogP contribution >= 0.6 is 38.6 Å². The van der Waals surface area contributed by atoms with Crippen molar-refractivity contribution >= 4 is 54.0 Å². The van der Waals surface area contributed by atoms with Gasteiger partial charge in [0.15, 0.2) is 5.13 Å². The molecule has 0 aliphatic rings. The summed E-state index contributed by atoms with van der Waals surface area (Å²) in [5.74, 6) is 0. The van der Waals surface area contributed by atoms with Crippen LogP contribution in [0.3, 0.4) is 0 Å². The monoisotopic (exact) mass is 513 g/mol. The largest absolute Gasteiger partial charge is 0.416 e. The van der Waals surface area contributed by atoms with E-state index >= 15 is 0 Å². The first kappa shape index (κ1) is 21.2. The molecule has 0 aliphatic carbocycles. The highest BCUT2D eigenvalue weighted by atomic mass is 79.9. The summed E-state index contributed by atoms with van der Waals surface area (Å²) in [6.45, 7) is 0.435. The Morgan fingerprint density at radius 2 is 1.87 bits per heavy atom. The van der Waals surface area contributed by atoms with Crippen molar-refractivity contribution in [2.75, 3.05) is 11.9 Å². The van der Waals surface area contributed by atoms with Crippen LogP contribution in [0.25, 0.3) is 20.1 Å². The van der Waals surface area contributed by atoms with E-state index in [4.69, 9.17) is 5.73 Å². The summed E-state index contributed by atoms with van der Waals surface area (Å²) < 4.78 is 39.7. The minimum Gasteiger partial charge on any atom is -0.360 e. The van der Waals surface area contributed by atoms with Crippen LogP contribution in [0.15, 0.2) is 47.3 Å². The topological polar surface area (TPSA) is 76.7 Å². The molecule has 0 saturated heterocycles. The van der Waals surface area contributed by atoms with Gasteiger partial charge in [0.2, 0.25) is 0 Å². The number of nitrogens with zero attached hydrogens (tertiary/aromatic N) is 3. The summed E-state index contributed by atoms with van der Waals surface area (Å²) in [4.78, 5) is 14.1. The van der Waals surface area contributed by atoms with Crippen molar-refractivity contribution < 1.29 is 13.2 Å². The Hall–Kier alpha value is -2.08. The van der Waals surface area contributed by atoms with Crippen molar-refractivity contribution in [1.82, 2.24) is 15.0 Å². The third-order valence-electron chi connectivity index (χ3n) is 4.27. The number of hydrogen-bond donors (Lipinski definition) is 2. The molecular formula is C19H15BrF3N5S2. The minimum absolute atomic E-state index is 0.276. The van der Waals surface area contributed by atoms with Crippen LogP contribution < -0.4 is 11.1 Å². The van der Waals surface area contributed by atoms with Gasteiger partial charge < -0.3 is 11.1 Å². The van der Waals surface area contributed by atoms with Gasteiger partial charge in [0.25, 0.3) is 0 Å². The number of pyridine rings is 1. The van der Waals surface area contributed by atoms with Gasteiger partial charge in [0.1, 0.15) is 9.61 Å². The normalized spacial score (nSPS) is 13.0. The van der Waals surface area contributed by atoms with E-state index in [9.17, 15) is 13.2 Å². The lowest BCUT2D eigenvalue weighted by molar-refractivity contribution is -0.137. The highest BCUT2D eigenvalue weighted by Crippen LogP contribution is 2.39. The smallest absolute Gasteiger partial charge is 0.360 e. The maximum Gasteiger partial charge on any atom is 0.416 e. The van der Waals surface area contributed by atoms with Crippen molar-refractivity contribution in [1.29, 1.82) is 0 Å². The van der Waals surface area contributed by atoms with Gasteiger partial charge in [-0.3, -0.25) is 4.98 Å². The van der Waals surface area contributed by atoms with Crippen molar-refractivity contribution in [2.45, 2.75) is 18.6 Å². The summed E-state index contributed by atoms with van der Waals surface area (Å²) in [7, 11) is 0. The van der Waals surface area contributed by atoms with E-state index in [1.54, 1.807) is 23.7 Å². The van der Waals surface area contributed by atoms with Crippen molar-refractivity contribution in [3.63, 3.8) is 0 Å². The maximum atomic E-state index is 12.7. The zero-order chi connectivity index (χ0) is 21.3. The van der Waals surface area contributed by atoms with Gasteiger partial charge in [-0.15, -0.1) is 11.3 Å². The van der Waals surface area contributed by atoms with E-state index in [2.05, 4.69) is 36.2 Å². The number of aromatic nitrogens is 3. The van der Waals surface area contributed by atoms with E-state index in [0.29, 0.717) is 22.7 Å². The number of halogens is 4. The molecule has 156 valence electrons. The van der Waals surface area contributed by atoms with Crippen LogP contribution in [0.4, 0.5) is 18.3 Å². The molecule has 30 heavy (non-hydrogen) atoms. The molecule has 1 aromatic carbocycles. The molecule has 0 radical (unpaired) electrons. The number of anilines is 1. The number of nitrogens with two attached hydrogens (primary N) is 1. The van der Waals surface area contributed by atoms with Crippen LogP contribution in [0, 0.1) is 0 Å². The summed E-state index contributed by atoms with van der Waals surface area (Å²) in [6.07, 6.45) is -0.392. The fourth-order valence-corrected chi connectivity index (χ4v) is 5.54. The van der Waals surface area contributed by atoms with Crippen LogP contribution in [0.1, 0.15) is 11.1 Å². The van der Waals surface area contributed by atoms with Gasteiger partial charge in [-0.1, -0.05) is 23.5 Å². The molecule has 0 unspecified atom stereocenters. The predicted octanol–water partition coefficient (Wildman–Crippen LogP) is 5.58. The zero-order valence-electron chi connectivity index (χ0n) is 15.3. The number of nitrogens with one attached hydrogen (secondary N) is 1. The van der Waals surface area contributed by atoms with E-state index in [1.165, 1.54) is 23.5 Å². The second-order valence-corrected chi connectivity index (χ2v) is 9.32. The first-order valence-electron chi connectivity index (χ1n) is 8.82. The first-order chi connectivity index (χ1) is 14.3. The van der Waals surface area contributed by atoms with Crippen LogP contribution in [0.5, 0.6) is 0 Å². The lowest BCUT2D eigenvalue weighted by Crippen LogP contribution is -2.31. The third-order valence-corrected chi connectivity index (χ3v) is 7.27. The summed E-state index contributed by atoms with van der Waals surface area (Å²) in [6, 6.07) is 6.66. The third kappa shape index (κ3) is 4.80. The quantitative estimate of drug-likeness (QED) is 0.352. The average Bonchev–Trinajstić information content (AvgIpc) is 3.29. The molecular weight excluding hydrogens is 499 g/mol. The molecule has 3 aromatic heterocycles. The molecule has 1 atom stereocenters. The Morgan fingerprint density at radius 1 is 1.10 bits per heavy atom. The molecule has 0 fully saturated rings. The van der Waals surface area contributed by atoms with Crippen molar-refractivity contribution in [3.05, 3.63) is 58.5 Å². The molecule has 0 amide bonds. The van der Waals surface area contributed by atoms with E-state index in [1.807, 2.05) is 6.07 Å². The Kier molecular flexibility index (Phi) is 6.05. The highest BCUT2D eigenvalue weighted by molar-refractivity contribution is 9.10. The molecule has 3 heterocycles. The van der Waals surface area contributed by atoms with E-state index in [-0.39, 0.29) is 6.04 Å². The standard InChI is InChI=1S/C19H15BrF3N5S2/c20-16-15(17-27-13-5-6-25-9-14(13)29-17)30-18(28-16)26-8-12(24)7-10-1-3-11(4-2-10)19(21,22)23/h1-6,9,12H,7-8,24H2,(H,26,28)/t12-/m0/s1. The van der Waals surface area contributed by atoms with Gasteiger partial charge >= 0.3 is 6.18 Å². The fraction of sp³-hybridized carbons (Fsp3) is 0.211. The predicted molar refractivity (Wildman–Crippen MR) is 118 cm³/mol. The van der Waals surface area contributed by atoms with Gasteiger partial charge in [0.05, 0.1) is 20.7 Å². The van der Waals surface area contributed by atoms with Crippen molar-refractivity contribution in [2.24, 2.45) is 5.73 Å². The number of thiazole rings is 2. The van der Waals surface area contributed by atoms with Gasteiger partial charge in [0, 0.05) is 25.0 Å². The molecule has 4 rings (SSSR count). The van der Waals surface area contributed by atoms with Gasteiger partial charge in [-0.05, 0) is 46.1 Å². The van der Waals surface area contributed by atoms with Crippen LogP contribution in [0.2, 0.25) is 0 Å². The molecule has 5 nitrogen and oxygen atoms in total. The summed E-state index contributed by atoms with van der Waals surface area (Å²) in [5, 5.41) is 4.75. The molecule has 0 saturated carbocycles. The maximum absolute atomic E-state index is 12.7. The Balaban J connectivity index is 1.38. The number of rotatable bonds is 6. The van der Waals surface area contributed by atoms with Gasteiger partial charge in [-0.25, -0.2) is 9.97 Å². The Bertz CT molecular complexity index is 1120. The summed E-state index contributed by atoms with van der Waals surface area (Å²) in [5.41, 5.74) is 7.12. The second-order valence-electron chi connectivity index (χ2n) is 6.54. The molecule has 11 heteroatoms. The van der Waals surface area contributed by atoms with E-state index in [0.717, 1.165) is 37.8 Å².